The van der Waals surface area contributed by atoms with Gasteiger partial charge >= 0.3 is 0 Å². The SMILES string of the molecule is Cn1c(C(=O)CC2(c3cccc(C#N)c3)CCCN(Cc3ccccc3)C2)cc2c(Cl)c(Cl)ccc21. The number of fused-ring (bicyclic) bond motifs is 1. The number of rotatable bonds is 6. The number of piperidine rings is 1. The largest absolute Gasteiger partial charge is 0.341 e. The summed E-state index contributed by atoms with van der Waals surface area (Å²) in [7, 11) is 1.89. The summed E-state index contributed by atoms with van der Waals surface area (Å²) in [5, 5.41) is 11.3. The number of aryl methyl sites for hydroxylation is 1. The van der Waals surface area contributed by atoms with E-state index in [1.165, 1.54) is 5.56 Å². The molecule has 0 spiro atoms. The van der Waals surface area contributed by atoms with Crippen molar-refractivity contribution in [1.29, 1.82) is 5.26 Å². The van der Waals surface area contributed by atoms with Crippen molar-refractivity contribution in [2.45, 2.75) is 31.2 Å². The Hall–Kier alpha value is -3.10. The average Bonchev–Trinajstić information content (AvgIpc) is 3.24. The molecule has 1 aromatic heterocycles. The van der Waals surface area contributed by atoms with E-state index in [9.17, 15) is 10.1 Å². The molecule has 4 nitrogen and oxygen atoms in total. The summed E-state index contributed by atoms with van der Waals surface area (Å²) in [6.45, 7) is 2.56. The number of ketones is 1. The van der Waals surface area contributed by atoms with Crippen LogP contribution < -0.4 is 0 Å². The molecule has 1 atom stereocenters. The first-order valence-corrected chi connectivity index (χ1v) is 12.9. The van der Waals surface area contributed by atoms with Crippen LogP contribution in [0.5, 0.6) is 0 Å². The molecule has 6 heteroatoms. The second-order valence-electron chi connectivity index (χ2n) is 9.76. The van der Waals surface area contributed by atoms with Gasteiger partial charge in [-0.15, -0.1) is 0 Å². The van der Waals surface area contributed by atoms with E-state index >= 15 is 0 Å². The normalized spacial score (nSPS) is 18.3. The van der Waals surface area contributed by atoms with E-state index in [2.05, 4.69) is 41.3 Å². The Bertz CT molecular complexity index is 1470. The van der Waals surface area contributed by atoms with Gasteiger partial charge < -0.3 is 4.57 Å². The van der Waals surface area contributed by atoms with Crippen LogP contribution in [0.4, 0.5) is 0 Å². The number of halogens is 2. The van der Waals surface area contributed by atoms with Crippen LogP contribution >= 0.6 is 23.2 Å². The monoisotopic (exact) mass is 515 g/mol. The van der Waals surface area contributed by atoms with Crippen molar-refractivity contribution in [2.24, 2.45) is 7.05 Å². The number of Topliss-reactive ketones (excluding diaryl/α,β-unsaturated/α-hetero) is 1. The molecule has 0 bridgehead atoms. The summed E-state index contributed by atoms with van der Waals surface area (Å²) in [6.07, 6.45) is 2.21. The minimum absolute atomic E-state index is 0.0600. The van der Waals surface area contributed by atoms with Gasteiger partial charge in [0, 0.05) is 42.9 Å². The Morgan fingerprint density at radius 3 is 2.64 bits per heavy atom. The van der Waals surface area contributed by atoms with Gasteiger partial charge in [0.1, 0.15) is 0 Å². The fraction of sp³-hybridized carbons (Fsp3) is 0.267. The van der Waals surface area contributed by atoms with Crippen molar-refractivity contribution in [2.75, 3.05) is 13.1 Å². The summed E-state index contributed by atoms with van der Waals surface area (Å²) in [5.41, 5.74) is 4.02. The first-order chi connectivity index (χ1) is 17.4. The van der Waals surface area contributed by atoms with Gasteiger partial charge in [-0.3, -0.25) is 9.69 Å². The third kappa shape index (κ3) is 4.67. The summed E-state index contributed by atoms with van der Waals surface area (Å²) < 4.78 is 1.91. The van der Waals surface area contributed by atoms with Crippen molar-refractivity contribution >= 4 is 39.9 Å². The van der Waals surface area contributed by atoms with Crippen LogP contribution in [-0.2, 0) is 19.0 Å². The molecule has 1 unspecified atom stereocenters. The average molecular weight is 516 g/mol. The standard InChI is InChI=1S/C30H27Cl2N3O/c1-34-26-12-11-25(31)29(32)24(26)16-27(34)28(36)17-30(23-10-5-9-22(15-23)18-33)13-6-14-35(20-30)19-21-7-3-2-4-8-21/h2-5,7-12,15-16H,6,13-14,17,19-20H2,1H3. The van der Waals surface area contributed by atoms with Crippen LogP contribution in [-0.4, -0.2) is 28.3 Å². The highest BCUT2D eigenvalue weighted by molar-refractivity contribution is 6.45. The molecule has 4 aromatic rings. The molecule has 36 heavy (non-hydrogen) atoms. The Balaban J connectivity index is 1.52. The third-order valence-corrected chi connectivity index (χ3v) is 8.23. The number of aromatic nitrogens is 1. The van der Waals surface area contributed by atoms with Crippen molar-refractivity contribution < 1.29 is 4.79 Å². The summed E-state index contributed by atoms with van der Waals surface area (Å²) in [4.78, 5) is 16.4. The molecular weight excluding hydrogens is 489 g/mol. The van der Waals surface area contributed by atoms with Gasteiger partial charge in [-0.25, -0.2) is 0 Å². The smallest absolute Gasteiger partial charge is 0.180 e. The number of nitriles is 1. The van der Waals surface area contributed by atoms with Crippen LogP contribution in [0.25, 0.3) is 10.9 Å². The highest BCUT2D eigenvalue weighted by Gasteiger charge is 2.40. The highest BCUT2D eigenvalue weighted by atomic mass is 35.5. The Morgan fingerprint density at radius 1 is 1.06 bits per heavy atom. The fourth-order valence-corrected chi connectivity index (χ4v) is 6.00. The summed E-state index contributed by atoms with van der Waals surface area (Å²) in [6, 6.07) is 26.0. The topological polar surface area (TPSA) is 49.0 Å². The Kier molecular flexibility index (Phi) is 6.90. The predicted octanol–water partition coefficient (Wildman–Crippen LogP) is 7.16. The van der Waals surface area contributed by atoms with E-state index in [1.54, 1.807) is 6.07 Å². The van der Waals surface area contributed by atoms with Crippen LogP contribution in [0.3, 0.4) is 0 Å². The van der Waals surface area contributed by atoms with Gasteiger partial charge in [-0.05, 0) is 60.8 Å². The molecule has 0 amide bonds. The zero-order valence-electron chi connectivity index (χ0n) is 20.2. The molecule has 1 aliphatic rings. The zero-order chi connectivity index (χ0) is 25.3. The lowest BCUT2D eigenvalue weighted by Crippen LogP contribution is -2.47. The van der Waals surface area contributed by atoms with E-state index < -0.39 is 5.41 Å². The molecule has 0 saturated carbocycles. The number of hydrogen-bond donors (Lipinski definition) is 0. The van der Waals surface area contributed by atoms with Gasteiger partial charge in [-0.1, -0.05) is 65.7 Å². The third-order valence-electron chi connectivity index (χ3n) is 7.41. The van der Waals surface area contributed by atoms with E-state index in [-0.39, 0.29) is 5.78 Å². The lowest BCUT2D eigenvalue weighted by molar-refractivity contribution is 0.0851. The highest BCUT2D eigenvalue weighted by Crippen LogP contribution is 2.40. The number of benzene rings is 3. The molecule has 0 radical (unpaired) electrons. The molecule has 5 rings (SSSR count). The quantitative estimate of drug-likeness (QED) is 0.256. The molecule has 0 aliphatic carbocycles. The number of hydrogen-bond acceptors (Lipinski definition) is 3. The lowest BCUT2D eigenvalue weighted by Gasteiger charge is -2.43. The molecule has 1 saturated heterocycles. The Morgan fingerprint density at radius 2 is 1.86 bits per heavy atom. The molecule has 2 heterocycles. The number of nitrogens with zero attached hydrogens (tertiary/aromatic N) is 3. The minimum atomic E-state index is -0.394. The second-order valence-corrected chi connectivity index (χ2v) is 10.5. The maximum Gasteiger partial charge on any atom is 0.180 e. The molecular formula is C30H27Cl2N3O. The van der Waals surface area contributed by atoms with Crippen molar-refractivity contribution in [1.82, 2.24) is 9.47 Å². The van der Waals surface area contributed by atoms with Crippen LogP contribution in [0.15, 0.2) is 72.8 Å². The van der Waals surface area contributed by atoms with Crippen LogP contribution in [0, 0.1) is 11.3 Å². The maximum atomic E-state index is 13.9. The second kappa shape index (κ2) is 10.1. The Labute approximate surface area is 221 Å². The van der Waals surface area contributed by atoms with Crippen molar-refractivity contribution in [3.8, 4) is 6.07 Å². The molecule has 3 aromatic carbocycles. The number of carbonyl (C=O) groups excluding carboxylic acids is 1. The van der Waals surface area contributed by atoms with E-state index in [0.29, 0.717) is 27.7 Å². The first kappa shape index (κ1) is 24.6. The van der Waals surface area contributed by atoms with Gasteiger partial charge in [0.2, 0.25) is 0 Å². The van der Waals surface area contributed by atoms with Gasteiger partial charge in [0.15, 0.2) is 5.78 Å². The summed E-state index contributed by atoms with van der Waals surface area (Å²) in [5.74, 6) is 0.0600. The lowest BCUT2D eigenvalue weighted by atomic mass is 9.70. The van der Waals surface area contributed by atoms with Crippen LogP contribution in [0.1, 0.15) is 46.4 Å². The molecule has 1 aliphatic heterocycles. The number of likely N-dealkylation sites (tertiary alicyclic amines) is 1. The van der Waals surface area contributed by atoms with Crippen LogP contribution in [0.2, 0.25) is 10.0 Å². The van der Waals surface area contributed by atoms with Gasteiger partial charge in [0.05, 0.1) is 27.4 Å². The number of carbonyl (C=O) groups is 1. The zero-order valence-corrected chi connectivity index (χ0v) is 21.7. The minimum Gasteiger partial charge on any atom is -0.341 e. The van der Waals surface area contributed by atoms with E-state index in [0.717, 1.165) is 48.9 Å². The van der Waals surface area contributed by atoms with Crippen molar-refractivity contribution in [3.05, 3.63) is 105 Å². The molecule has 0 N–H and O–H groups in total. The van der Waals surface area contributed by atoms with Crippen molar-refractivity contribution in [3.63, 3.8) is 0 Å². The van der Waals surface area contributed by atoms with Gasteiger partial charge in [0.25, 0.3) is 0 Å². The van der Waals surface area contributed by atoms with E-state index in [4.69, 9.17) is 23.2 Å². The summed E-state index contributed by atoms with van der Waals surface area (Å²) >= 11 is 12.7. The molecule has 1 fully saturated rings. The van der Waals surface area contributed by atoms with Gasteiger partial charge in [-0.2, -0.15) is 5.26 Å². The fourth-order valence-electron chi connectivity index (χ4n) is 5.62. The van der Waals surface area contributed by atoms with E-state index in [1.807, 2.05) is 48.0 Å². The predicted molar refractivity (Wildman–Crippen MR) is 146 cm³/mol. The molecule has 182 valence electrons. The maximum absolute atomic E-state index is 13.9. The first-order valence-electron chi connectivity index (χ1n) is 12.1.